The predicted octanol–water partition coefficient (Wildman–Crippen LogP) is 2.13. The largest absolute Gasteiger partial charge is 0.352 e. The van der Waals surface area contributed by atoms with Crippen LogP contribution in [0.1, 0.15) is 24.0 Å². The van der Waals surface area contributed by atoms with Gasteiger partial charge in [-0.05, 0) is 24.1 Å². The first kappa shape index (κ1) is 20.4. The van der Waals surface area contributed by atoms with E-state index in [0.29, 0.717) is 19.5 Å². The summed E-state index contributed by atoms with van der Waals surface area (Å²) in [6.45, 7) is 1.85. The van der Waals surface area contributed by atoms with Gasteiger partial charge < -0.3 is 15.6 Å². The molecule has 0 radical (unpaired) electrons. The van der Waals surface area contributed by atoms with Gasteiger partial charge in [0.25, 0.3) is 0 Å². The van der Waals surface area contributed by atoms with Crippen LogP contribution in [0.3, 0.4) is 0 Å². The molecule has 0 bridgehead atoms. The number of nitrogens with zero attached hydrogens (tertiary/aromatic N) is 2. The summed E-state index contributed by atoms with van der Waals surface area (Å²) in [5, 5.41) is 2.93. The molecule has 1 heterocycles. The third-order valence-electron chi connectivity index (χ3n) is 3.11. The van der Waals surface area contributed by atoms with Crippen molar-refractivity contribution in [3.05, 3.63) is 54.1 Å². The molecular weight excluding hydrogens is 323 g/mol. The minimum Gasteiger partial charge on any atom is -0.352 e. The van der Waals surface area contributed by atoms with Gasteiger partial charge in [-0.25, -0.2) is 4.98 Å². The summed E-state index contributed by atoms with van der Waals surface area (Å²) in [7, 11) is 0. The van der Waals surface area contributed by atoms with Gasteiger partial charge in [-0.1, -0.05) is 24.3 Å². The van der Waals surface area contributed by atoms with Crippen molar-refractivity contribution in [2.75, 3.05) is 6.54 Å². The molecule has 0 aliphatic heterocycles. The predicted molar refractivity (Wildman–Crippen MR) is 92.4 cm³/mol. The maximum Gasteiger partial charge on any atom is 0.220 e. The van der Waals surface area contributed by atoms with E-state index in [2.05, 4.69) is 16.4 Å². The molecule has 0 atom stereocenters. The monoisotopic (exact) mass is 344 g/mol. The molecule has 5 nitrogen and oxygen atoms in total. The van der Waals surface area contributed by atoms with Crippen LogP contribution in [0.5, 0.6) is 0 Å². The second-order valence-electron chi connectivity index (χ2n) is 4.67. The molecule has 3 N–H and O–H groups in total. The highest BCUT2D eigenvalue weighted by Crippen LogP contribution is 2.10. The normalized spacial score (nSPS) is 9.50. The summed E-state index contributed by atoms with van der Waals surface area (Å²) in [6.07, 6.45) is 6.69. The number of nitrogens with one attached hydrogen (secondary N) is 1. The summed E-state index contributed by atoms with van der Waals surface area (Å²) < 4.78 is 2.01. The van der Waals surface area contributed by atoms with Crippen molar-refractivity contribution in [3.63, 3.8) is 0 Å². The lowest BCUT2D eigenvalue weighted by Crippen LogP contribution is -2.24. The Kier molecular flexibility index (Phi) is 10.3. The highest BCUT2D eigenvalue weighted by Gasteiger charge is 2.05. The fourth-order valence-corrected chi connectivity index (χ4v) is 2.01. The number of halogens is 2. The quantitative estimate of drug-likeness (QED) is 0.807. The lowest BCUT2D eigenvalue weighted by Gasteiger charge is -2.11. The number of benzene rings is 1. The van der Waals surface area contributed by atoms with Crippen LogP contribution in [0.15, 0.2) is 43.0 Å². The zero-order valence-electron chi connectivity index (χ0n) is 12.3. The van der Waals surface area contributed by atoms with Gasteiger partial charge in [-0.3, -0.25) is 4.79 Å². The van der Waals surface area contributed by atoms with Gasteiger partial charge in [-0.2, -0.15) is 0 Å². The smallest absolute Gasteiger partial charge is 0.220 e. The molecule has 1 aromatic heterocycles. The Morgan fingerprint density at radius 2 is 1.95 bits per heavy atom. The highest BCUT2D eigenvalue weighted by molar-refractivity contribution is 5.85. The minimum absolute atomic E-state index is 0. The Labute approximate surface area is 143 Å². The van der Waals surface area contributed by atoms with Crippen molar-refractivity contribution >= 4 is 30.7 Å². The summed E-state index contributed by atoms with van der Waals surface area (Å²) in [5.74, 6) is 0.0490. The van der Waals surface area contributed by atoms with E-state index >= 15 is 0 Å². The van der Waals surface area contributed by atoms with Gasteiger partial charge in [0.05, 0.1) is 6.33 Å². The average Bonchev–Trinajstić information content (AvgIpc) is 2.97. The van der Waals surface area contributed by atoms with Gasteiger partial charge in [-0.15, -0.1) is 24.8 Å². The summed E-state index contributed by atoms with van der Waals surface area (Å²) in [6, 6.07) is 8.10. The molecule has 1 aromatic carbocycles. The van der Waals surface area contributed by atoms with Crippen LogP contribution in [0.4, 0.5) is 0 Å². The van der Waals surface area contributed by atoms with E-state index in [4.69, 9.17) is 5.73 Å². The zero-order chi connectivity index (χ0) is 14.2. The molecule has 0 saturated carbocycles. The molecule has 22 heavy (non-hydrogen) atoms. The third-order valence-corrected chi connectivity index (χ3v) is 3.11. The number of hydrogen-bond donors (Lipinski definition) is 2. The second-order valence-corrected chi connectivity index (χ2v) is 4.67. The Balaban J connectivity index is 0.00000220. The van der Waals surface area contributed by atoms with Crippen molar-refractivity contribution in [1.29, 1.82) is 0 Å². The Bertz CT molecular complexity index is 546. The van der Waals surface area contributed by atoms with Crippen LogP contribution < -0.4 is 11.1 Å². The van der Waals surface area contributed by atoms with E-state index in [9.17, 15) is 4.79 Å². The van der Waals surface area contributed by atoms with Crippen LogP contribution in [-0.2, 0) is 17.9 Å². The number of carbonyl (C=O) groups is 1. The van der Waals surface area contributed by atoms with Crippen LogP contribution in [0, 0.1) is 0 Å². The van der Waals surface area contributed by atoms with E-state index < -0.39 is 0 Å². The highest BCUT2D eigenvalue weighted by atomic mass is 35.5. The van der Waals surface area contributed by atoms with Gasteiger partial charge in [0.15, 0.2) is 0 Å². The van der Waals surface area contributed by atoms with E-state index in [1.807, 2.05) is 29.0 Å². The van der Waals surface area contributed by atoms with Crippen LogP contribution in [0.25, 0.3) is 0 Å². The average molecular weight is 345 g/mol. The fourth-order valence-electron chi connectivity index (χ4n) is 2.01. The molecule has 0 fully saturated rings. The molecule has 1 amide bonds. The lowest BCUT2D eigenvalue weighted by molar-refractivity contribution is -0.121. The Morgan fingerprint density at radius 3 is 2.59 bits per heavy atom. The molecule has 7 heteroatoms. The van der Waals surface area contributed by atoms with E-state index in [-0.39, 0.29) is 30.7 Å². The number of imidazole rings is 1. The SMILES string of the molecule is Cl.Cl.NCCCC(=O)NCc1ccccc1Cn1ccnc1. The van der Waals surface area contributed by atoms with E-state index in [1.54, 1.807) is 12.5 Å². The summed E-state index contributed by atoms with van der Waals surface area (Å²) in [5.41, 5.74) is 7.71. The fraction of sp³-hybridized carbons (Fsp3) is 0.333. The molecule has 2 rings (SSSR count). The van der Waals surface area contributed by atoms with Crippen LogP contribution in [-0.4, -0.2) is 22.0 Å². The minimum atomic E-state index is 0. The summed E-state index contributed by atoms with van der Waals surface area (Å²) >= 11 is 0. The number of amides is 1. The van der Waals surface area contributed by atoms with Gasteiger partial charge in [0.1, 0.15) is 0 Å². The molecule has 122 valence electrons. The Hall–Kier alpha value is -1.56. The van der Waals surface area contributed by atoms with Crippen molar-refractivity contribution < 1.29 is 4.79 Å². The third kappa shape index (κ3) is 6.47. The number of aromatic nitrogens is 2. The molecule has 0 spiro atoms. The molecule has 0 aliphatic carbocycles. The number of hydrogen-bond acceptors (Lipinski definition) is 3. The van der Waals surface area contributed by atoms with Crippen LogP contribution in [0.2, 0.25) is 0 Å². The maximum absolute atomic E-state index is 11.6. The number of carbonyl (C=O) groups excluding carboxylic acids is 1. The maximum atomic E-state index is 11.6. The molecule has 0 unspecified atom stereocenters. The number of nitrogens with two attached hydrogens (primary N) is 1. The molecular formula is C15H22Cl2N4O. The summed E-state index contributed by atoms with van der Waals surface area (Å²) in [4.78, 5) is 15.7. The topological polar surface area (TPSA) is 72.9 Å². The van der Waals surface area contributed by atoms with Gasteiger partial charge in [0.2, 0.25) is 5.91 Å². The first-order valence-electron chi connectivity index (χ1n) is 6.79. The number of rotatable bonds is 7. The first-order valence-corrected chi connectivity index (χ1v) is 6.79. The lowest BCUT2D eigenvalue weighted by atomic mass is 10.1. The van der Waals surface area contributed by atoms with Gasteiger partial charge >= 0.3 is 0 Å². The zero-order valence-corrected chi connectivity index (χ0v) is 13.9. The molecule has 2 aromatic rings. The van der Waals surface area contributed by atoms with Crippen molar-refractivity contribution in [2.24, 2.45) is 5.73 Å². The van der Waals surface area contributed by atoms with Crippen LogP contribution >= 0.6 is 24.8 Å². The van der Waals surface area contributed by atoms with Crippen molar-refractivity contribution in [3.8, 4) is 0 Å². The first-order chi connectivity index (χ1) is 9.79. The van der Waals surface area contributed by atoms with Crippen molar-refractivity contribution in [1.82, 2.24) is 14.9 Å². The molecule has 0 saturated heterocycles. The van der Waals surface area contributed by atoms with Crippen molar-refractivity contribution in [2.45, 2.75) is 25.9 Å². The second kappa shape index (κ2) is 11.1. The van der Waals surface area contributed by atoms with Gasteiger partial charge in [0, 0.05) is 31.9 Å². The van der Waals surface area contributed by atoms with E-state index in [1.165, 1.54) is 5.56 Å². The molecule has 0 aliphatic rings. The standard InChI is InChI=1S/C15H20N4O.2ClH/c16-7-3-6-15(20)18-10-13-4-1-2-5-14(13)11-19-9-8-17-12-19;;/h1-2,4-5,8-9,12H,3,6-7,10-11,16H2,(H,18,20);2*1H. The Morgan fingerprint density at radius 1 is 1.23 bits per heavy atom. The van der Waals surface area contributed by atoms with E-state index in [0.717, 1.165) is 18.5 Å².